The maximum Gasteiger partial charge on any atom is 0.243 e. The monoisotopic (exact) mass is 489 g/mol. The first-order valence-electron chi connectivity index (χ1n) is 10.1. The van der Waals surface area contributed by atoms with E-state index in [4.69, 9.17) is 9.88 Å². The van der Waals surface area contributed by atoms with E-state index in [-0.39, 0.29) is 9.79 Å². The number of sulfonamides is 2. The van der Waals surface area contributed by atoms with E-state index in [1.165, 1.54) is 16.4 Å². The van der Waals surface area contributed by atoms with E-state index >= 15 is 0 Å². The van der Waals surface area contributed by atoms with Crippen LogP contribution in [0.3, 0.4) is 0 Å². The summed E-state index contributed by atoms with van der Waals surface area (Å²) in [6.45, 7) is 3.16. The zero-order valence-electron chi connectivity index (χ0n) is 17.8. The molecule has 0 aliphatic carbocycles. The van der Waals surface area contributed by atoms with Gasteiger partial charge in [0.05, 0.1) is 28.7 Å². The van der Waals surface area contributed by atoms with E-state index in [1.807, 2.05) is 0 Å². The normalized spacial score (nSPS) is 15.3. The zero-order valence-corrected chi connectivity index (χ0v) is 19.4. The third-order valence-corrected chi connectivity index (χ3v) is 8.16. The summed E-state index contributed by atoms with van der Waals surface area (Å²) in [6.07, 6.45) is 0. The summed E-state index contributed by atoms with van der Waals surface area (Å²) in [6, 6.07) is 14.5. The fraction of sp³-hybridized carbons (Fsp3) is 0.238. The minimum absolute atomic E-state index is 0.0108. The van der Waals surface area contributed by atoms with Crippen molar-refractivity contribution in [2.75, 3.05) is 31.6 Å². The van der Waals surface area contributed by atoms with Gasteiger partial charge in [0.15, 0.2) is 5.82 Å². The van der Waals surface area contributed by atoms with Crippen molar-refractivity contribution in [2.45, 2.75) is 16.7 Å². The Labute approximate surface area is 192 Å². The van der Waals surface area contributed by atoms with Crippen molar-refractivity contribution >= 4 is 31.6 Å². The number of aryl methyl sites for hydroxylation is 1. The minimum atomic E-state index is -3.76. The van der Waals surface area contributed by atoms with Gasteiger partial charge in [-0.3, -0.25) is 0 Å². The molecular weight excluding hydrogens is 466 g/mol. The van der Waals surface area contributed by atoms with Crippen molar-refractivity contribution < 1.29 is 21.6 Å². The fourth-order valence-electron chi connectivity index (χ4n) is 3.39. The smallest absolute Gasteiger partial charge is 0.243 e. The van der Waals surface area contributed by atoms with Gasteiger partial charge in [0.25, 0.3) is 0 Å². The van der Waals surface area contributed by atoms with Gasteiger partial charge in [0.2, 0.25) is 20.0 Å². The predicted molar refractivity (Wildman–Crippen MR) is 123 cm³/mol. The maximum atomic E-state index is 13.1. The number of hydrogen-bond donors (Lipinski definition) is 2. The Kier molecular flexibility index (Phi) is 6.45. The van der Waals surface area contributed by atoms with Crippen LogP contribution in [0.15, 0.2) is 64.4 Å². The van der Waals surface area contributed by atoms with Gasteiger partial charge >= 0.3 is 0 Å². The summed E-state index contributed by atoms with van der Waals surface area (Å²) < 4.78 is 55.6. The molecule has 4 rings (SSSR count). The Morgan fingerprint density at radius 3 is 2.24 bits per heavy atom. The lowest BCUT2D eigenvalue weighted by atomic mass is 10.1. The third kappa shape index (κ3) is 5.20. The number of anilines is 2. The molecule has 1 fully saturated rings. The van der Waals surface area contributed by atoms with Crippen molar-refractivity contribution in [3.05, 3.63) is 60.2 Å². The number of primary sulfonamides is 1. The van der Waals surface area contributed by atoms with E-state index in [9.17, 15) is 16.8 Å². The van der Waals surface area contributed by atoms with E-state index in [2.05, 4.69) is 15.5 Å². The molecule has 1 aliphatic heterocycles. The Bertz CT molecular complexity index is 1350. The third-order valence-electron chi connectivity index (χ3n) is 5.19. The number of ether oxygens (including phenoxy) is 1. The van der Waals surface area contributed by atoms with Gasteiger partial charge < -0.3 is 10.1 Å². The molecule has 0 bridgehead atoms. The number of morpholine rings is 1. The van der Waals surface area contributed by atoms with Crippen LogP contribution < -0.4 is 10.5 Å². The van der Waals surface area contributed by atoms with Gasteiger partial charge in [-0.2, -0.15) is 4.31 Å². The molecule has 3 aromatic rings. The van der Waals surface area contributed by atoms with Gasteiger partial charge in [-0.1, -0.05) is 12.1 Å². The summed E-state index contributed by atoms with van der Waals surface area (Å²) in [5.74, 6) is 0.440. The first-order valence-corrected chi connectivity index (χ1v) is 13.1. The van der Waals surface area contributed by atoms with Gasteiger partial charge in [-0.25, -0.2) is 22.0 Å². The fourth-order valence-corrected chi connectivity index (χ4v) is 5.57. The second-order valence-electron chi connectivity index (χ2n) is 7.49. The SMILES string of the molecule is Cc1ccc(-c2ccc(Nc3ccc(S(N)(=O)=O)cc3)nn2)cc1S(=O)(=O)N1CCOCC1. The summed E-state index contributed by atoms with van der Waals surface area (Å²) in [4.78, 5) is 0.248. The van der Waals surface area contributed by atoms with Gasteiger partial charge in [-0.05, 0) is 55.0 Å². The lowest BCUT2D eigenvalue weighted by molar-refractivity contribution is 0.0730. The molecule has 2 heterocycles. The van der Waals surface area contributed by atoms with E-state index in [0.717, 1.165) is 0 Å². The molecule has 0 radical (unpaired) electrons. The van der Waals surface area contributed by atoms with Crippen LogP contribution in [-0.2, 0) is 24.8 Å². The highest BCUT2D eigenvalue weighted by Crippen LogP contribution is 2.27. The minimum Gasteiger partial charge on any atom is -0.379 e. The molecule has 0 amide bonds. The van der Waals surface area contributed by atoms with Crippen LogP contribution in [0.1, 0.15) is 5.56 Å². The molecule has 1 aromatic heterocycles. The van der Waals surface area contributed by atoms with Crippen LogP contribution in [0, 0.1) is 6.92 Å². The van der Waals surface area contributed by atoms with Gasteiger partial charge in [0, 0.05) is 24.3 Å². The number of aromatic nitrogens is 2. The van der Waals surface area contributed by atoms with Crippen LogP contribution in [0.2, 0.25) is 0 Å². The van der Waals surface area contributed by atoms with Crippen molar-refractivity contribution in [1.29, 1.82) is 0 Å². The number of nitrogens with two attached hydrogens (primary N) is 1. The van der Waals surface area contributed by atoms with Crippen LogP contribution >= 0.6 is 0 Å². The Hall–Kier alpha value is -2.90. The molecule has 0 unspecified atom stereocenters. The van der Waals surface area contributed by atoms with E-state index in [1.54, 1.807) is 49.4 Å². The molecule has 33 heavy (non-hydrogen) atoms. The largest absolute Gasteiger partial charge is 0.379 e. The van der Waals surface area contributed by atoms with E-state index in [0.29, 0.717) is 54.6 Å². The number of nitrogens with zero attached hydrogens (tertiary/aromatic N) is 3. The quantitative estimate of drug-likeness (QED) is 0.534. The molecule has 0 saturated carbocycles. The van der Waals surface area contributed by atoms with Crippen molar-refractivity contribution in [1.82, 2.24) is 14.5 Å². The number of rotatable bonds is 6. The predicted octanol–water partition coefficient (Wildman–Crippen LogP) is 1.86. The second kappa shape index (κ2) is 9.15. The molecule has 3 N–H and O–H groups in total. The van der Waals surface area contributed by atoms with E-state index < -0.39 is 20.0 Å². The number of benzene rings is 2. The Balaban J connectivity index is 1.55. The number of hydrogen-bond acceptors (Lipinski definition) is 8. The average molecular weight is 490 g/mol. The van der Waals surface area contributed by atoms with Gasteiger partial charge in [0.1, 0.15) is 0 Å². The molecule has 174 valence electrons. The van der Waals surface area contributed by atoms with Crippen molar-refractivity contribution in [3.8, 4) is 11.3 Å². The lowest BCUT2D eigenvalue weighted by Crippen LogP contribution is -2.40. The summed E-state index contributed by atoms with van der Waals surface area (Å²) in [5.41, 5.74) is 2.41. The first-order chi connectivity index (χ1) is 15.6. The molecule has 1 saturated heterocycles. The van der Waals surface area contributed by atoms with Crippen molar-refractivity contribution in [2.24, 2.45) is 5.14 Å². The summed E-state index contributed by atoms with van der Waals surface area (Å²) in [7, 11) is -7.41. The zero-order chi connectivity index (χ0) is 23.6. The van der Waals surface area contributed by atoms with Crippen LogP contribution in [0.5, 0.6) is 0 Å². The molecule has 10 nitrogen and oxygen atoms in total. The van der Waals surface area contributed by atoms with Crippen molar-refractivity contribution in [3.63, 3.8) is 0 Å². The molecular formula is C21H23N5O5S2. The second-order valence-corrected chi connectivity index (χ2v) is 11.0. The maximum absolute atomic E-state index is 13.1. The highest BCUT2D eigenvalue weighted by Gasteiger charge is 2.28. The Morgan fingerprint density at radius 2 is 1.64 bits per heavy atom. The number of nitrogens with one attached hydrogen (secondary N) is 1. The average Bonchev–Trinajstić information content (AvgIpc) is 2.80. The standard InChI is InChI=1S/C21H23N5O5S2/c1-15-2-3-16(14-20(15)33(29,30)26-10-12-31-13-11-26)19-8-9-21(25-24-19)23-17-4-6-18(7-5-17)32(22,27)28/h2-9,14H,10-13H2,1H3,(H,23,25)(H2,22,27,28). The molecule has 2 aromatic carbocycles. The molecule has 12 heteroatoms. The van der Waals surface area contributed by atoms with Crippen LogP contribution in [-0.4, -0.2) is 57.6 Å². The molecule has 1 aliphatic rings. The van der Waals surface area contributed by atoms with Crippen LogP contribution in [0.4, 0.5) is 11.5 Å². The van der Waals surface area contributed by atoms with Gasteiger partial charge in [-0.15, -0.1) is 10.2 Å². The Morgan fingerprint density at radius 1 is 0.939 bits per heavy atom. The highest BCUT2D eigenvalue weighted by molar-refractivity contribution is 7.89. The summed E-state index contributed by atoms with van der Waals surface area (Å²) >= 11 is 0. The highest BCUT2D eigenvalue weighted by atomic mass is 32.2. The van der Waals surface area contributed by atoms with Crippen LogP contribution in [0.25, 0.3) is 11.3 Å². The first kappa shape index (κ1) is 23.3. The lowest BCUT2D eigenvalue weighted by Gasteiger charge is -2.26. The molecule has 0 atom stereocenters. The topological polar surface area (TPSA) is 145 Å². The molecule has 0 spiro atoms. The summed E-state index contributed by atoms with van der Waals surface area (Å²) in [5, 5.41) is 16.5.